The quantitative estimate of drug-likeness (QED) is 0.660. The Bertz CT molecular complexity index is 994. The van der Waals surface area contributed by atoms with E-state index >= 15 is 0 Å². The van der Waals surface area contributed by atoms with E-state index in [1.54, 1.807) is 17.9 Å². The molecule has 31 heavy (non-hydrogen) atoms. The van der Waals surface area contributed by atoms with Crippen LogP contribution in [0.1, 0.15) is 51.8 Å². The van der Waals surface area contributed by atoms with Gasteiger partial charge in [0.05, 0.1) is 26.4 Å². The third-order valence-electron chi connectivity index (χ3n) is 5.15. The number of piperidine rings is 1. The van der Waals surface area contributed by atoms with Gasteiger partial charge in [-0.05, 0) is 56.0 Å². The average molecular weight is 466 g/mol. The van der Waals surface area contributed by atoms with Crippen LogP contribution < -0.4 is 10.6 Å². The maximum Gasteiger partial charge on any atom is 0.264 e. The van der Waals surface area contributed by atoms with Crippen molar-refractivity contribution in [3.8, 4) is 0 Å². The molecule has 0 bridgehead atoms. The van der Waals surface area contributed by atoms with Gasteiger partial charge in [-0.15, -0.1) is 11.3 Å². The Hall–Kier alpha value is -2.45. The zero-order valence-corrected chi connectivity index (χ0v) is 19.0. The zero-order valence-electron chi connectivity index (χ0n) is 17.5. The van der Waals surface area contributed by atoms with Gasteiger partial charge in [0.2, 0.25) is 5.91 Å². The molecule has 2 aromatic rings. The van der Waals surface area contributed by atoms with Gasteiger partial charge in [0.25, 0.3) is 11.8 Å². The summed E-state index contributed by atoms with van der Waals surface area (Å²) in [6, 6.07) is 5.28. The lowest BCUT2D eigenvalue weighted by molar-refractivity contribution is -0.126. The summed E-state index contributed by atoms with van der Waals surface area (Å²) in [4.78, 5) is 40.1. The minimum Gasteiger partial charge on any atom is -0.356 e. The number of halogens is 2. The van der Waals surface area contributed by atoms with Gasteiger partial charge in [-0.25, -0.2) is 4.39 Å². The van der Waals surface area contributed by atoms with Crippen molar-refractivity contribution in [1.29, 1.82) is 0 Å². The van der Waals surface area contributed by atoms with Gasteiger partial charge in [-0.2, -0.15) is 0 Å². The van der Waals surface area contributed by atoms with Crippen molar-refractivity contribution < 1.29 is 18.8 Å². The molecule has 3 amide bonds. The third-order valence-corrected chi connectivity index (χ3v) is 6.61. The van der Waals surface area contributed by atoms with Crippen LogP contribution in [0.4, 0.5) is 9.39 Å². The summed E-state index contributed by atoms with van der Waals surface area (Å²) in [5.41, 5.74) is 0.895. The van der Waals surface area contributed by atoms with E-state index in [0.29, 0.717) is 29.5 Å². The molecule has 1 saturated heterocycles. The number of aryl methyl sites for hydroxylation is 1. The number of nitrogens with zero attached hydrogens (tertiary/aromatic N) is 1. The first-order valence-corrected chi connectivity index (χ1v) is 11.4. The number of benzene rings is 1. The van der Waals surface area contributed by atoms with Crippen LogP contribution in [0, 0.1) is 18.7 Å². The number of likely N-dealkylation sites (tertiary alicyclic amines) is 1. The van der Waals surface area contributed by atoms with E-state index in [1.807, 2.05) is 6.92 Å². The van der Waals surface area contributed by atoms with E-state index in [4.69, 9.17) is 11.6 Å². The van der Waals surface area contributed by atoms with Crippen LogP contribution in [-0.2, 0) is 4.79 Å². The summed E-state index contributed by atoms with van der Waals surface area (Å²) < 4.78 is 13.2. The molecule has 0 saturated carbocycles. The number of hydrogen-bond donors (Lipinski definition) is 2. The van der Waals surface area contributed by atoms with Crippen molar-refractivity contribution in [3.63, 3.8) is 0 Å². The smallest absolute Gasteiger partial charge is 0.264 e. The molecule has 2 N–H and O–H groups in total. The van der Waals surface area contributed by atoms with Crippen molar-refractivity contribution in [1.82, 2.24) is 10.2 Å². The fraction of sp³-hybridized carbons (Fsp3) is 0.409. The summed E-state index contributed by atoms with van der Waals surface area (Å²) in [6.07, 6.45) is 2.41. The number of anilines is 1. The standard InChI is InChI=1S/C22H25ClFN3O3S/c1-3-8-25-20(28)14-5-4-9-27(12-14)22(30)19-13(2)10-18(31-19)26-21(29)16-7-6-15(24)11-17(16)23/h6-7,10-11,14H,3-5,8-9,12H2,1-2H3,(H,25,28)(H,26,29). The molecular formula is C22H25ClFN3O3S. The van der Waals surface area contributed by atoms with Gasteiger partial charge in [0.1, 0.15) is 5.82 Å². The Kier molecular flexibility index (Phi) is 7.67. The molecule has 2 heterocycles. The highest BCUT2D eigenvalue weighted by molar-refractivity contribution is 7.18. The van der Waals surface area contributed by atoms with Gasteiger partial charge >= 0.3 is 0 Å². The number of carbonyl (C=O) groups is 3. The minimum absolute atomic E-state index is 0.00798. The van der Waals surface area contributed by atoms with Crippen LogP contribution in [0.25, 0.3) is 0 Å². The molecule has 9 heteroatoms. The Morgan fingerprint density at radius 2 is 2.06 bits per heavy atom. The summed E-state index contributed by atoms with van der Waals surface area (Å²) in [7, 11) is 0. The second kappa shape index (κ2) is 10.2. The maximum absolute atomic E-state index is 13.2. The van der Waals surface area contributed by atoms with E-state index in [2.05, 4.69) is 10.6 Å². The minimum atomic E-state index is -0.524. The molecule has 166 valence electrons. The maximum atomic E-state index is 13.2. The second-order valence-corrected chi connectivity index (χ2v) is 9.04. The van der Waals surface area contributed by atoms with E-state index < -0.39 is 11.7 Å². The molecule has 1 unspecified atom stereocenters. The van der Waals surface area contributed by atoms with Crippen LogP contribution in [0.2, 0.25) is 5.02 Å². The van der Waals surface area contributed by atoms with Crippen molar-refractivity contribution in [2.45, 2.75) is 33.1 Å². The first-order chi connectivity index (χ1) is 14.8. The molecule has 1 fully saturated rings. The van der Waals surface area contributed by atoms with E-state index in [9.17, 15) is 18.8 Å². The lowest BCUT2D eigenvalue weighted by atomic mass is 9.97. The fourth-order valence-electron chi connectivity index (χ4n) is 3.52. The van der Waals surface area contributed by atoms with E-state index in [-0.39, 0.29) is 28.3 Å². The Morgan fingerprint density at radius 3 is 2.77 bits per heavy atom. The fourth-order valence-corrected chi connectivity index (χ4v) is 4.81. The highest BCUT2D eigenvalue weighted by atomic mass is 35.5. The molecule has 1 aliphatic rings. The lowest BCUT2D eigenvalue weighted by Gasteiger charge is -2.32. The van der Waals surface area contributed by atoms with E-state index in [0.717, 1.165) is 30.9 Å². The van der Waals surface area contributed by atoms with Crippen molar-refractivity contribution in [3.05, 3.63) is 51.1 Å². The summed E-state index contributed by atoms with van der Waals surface area (Å²) in [6.45, 7) is 5.42. The van der Waals surface area contributed by atoms with Crippen LogP contribution in [-0.4, -0.2) is 42.3 Å². The average Bonchev–Trinajstić information content (AvgIpc) is 3.11. The number of nitrogens with one attached hydrogen (secondary N) is 2. The Labute approximate surface area is 189 Å². The van der Waals surface area contributed by atoms with E-state index in [1.165, 1.54) is 23.5 Å². The molecule has 1 aliphatic heterocycles. The summed E-state index contributed by atoms with van der Waals surface area (Å²) >= 11 is 7.13. The summed E-state index contributed by atoms with van der Waals surface area (Å²) in [5, 5.41) is 6.15. The lowest BCUT2D eigenvalue weighted by Crippen LogP contribution is -2.45. The van der Waals surface area contributed by atoms with Gasteiger partial charge in [-0.3, -0.25) is 14.4 Å². The van der Waals surface area contributed by atoms with Crippen LogP contribution in [0.5, 0.6) is 0 Å². The van der Waals surface area contributed by atoms with Gasteiger partial charge in [-0.1, -0.05) is 18.5 Å². The first-order valence-electron chi connectivity index (χ1n) is 10.2. The van der Waals surface area contributed by atoms with Gasteiger partial charge in [0, 0.05) is 19.6 Å². The Morgan fingerprint density at radius 1 is 1.29 bits per heavy atom. The predicted molar refractivity (Wildman–Crippen MR) is 120 cm³/mol. The molecule has 0 spiro atoms. The van der Waals surface area contributed by atoms with Crippen molar-refractivity contribution >= 4 is 45.7 Å². The number of hydrogen-bond acceptors (Lipinski definition) is 4. The highest BCUT2D eigenvalue weighted by Gasteiger charge is 2.30. The van der Waals surface area contributed by atoms with Gasteiger partial charge < -0.3 is 15.5 Å². The second-order valence-electron chi connectivity index (χ2n) is 7.58. The predicted octanol–water partition coefficient (Wildman–Crippen LogP) is 4.48. The molecule has 0 aliphatic carbocycles. The molecule has 1 aromatic heterocycles. The molecule has 1 atom stereocenters. The number of thiophene rings is 1. The Balaban J connectivity index is 1.69. The molecule has 3 rings (SSSR count). The van der Waals surface area contributed by atoms with Gasteiger partial charge in [0.15, 0.2) is 0 Å². The number of rotatable bonds is 6. The van der Waals surface area contributed by atoms with Crippen LogP contribution in [0.15, 0.2) is 24.3 Å². The monoisotopic (exact) mass is 465 g/mol. The zero-order chi connectivity index (χ0) is 22.5. The van der Waals surface area contributed by atoms with Crippen molar-refractivity contribution in [2.24, 2.45) is 5.92 Å². The molecule has 1 aromatic carbocycles. The van der Waals surface area contributed by atoms with Crippen LogP contribution >= 0.6 is 22.9 Å². The number of carbonyl (C=O) groups excluding carboxylic acids is 3. The largest absolute Gasteiger partial charge is 0.356 e. The normalized spacial score (nSPS) is 16.1. The highest BCUT2D eigenvalue weighted by Crippen LogP contribution is 2.30. The summed E-state index contributed by atoms with van der Waals surface area (Å²) in [5.74, 6) is -1.35. The molecular weight excluding hydrogens is 441 g/mol. The third kappa shape index (κ3) is 5.62. The molecule has 0 radical (unpaired) electrons. The molecule has 6 nitrogen and oxygen atoms in total. The van der Waals surface area contributed by atoms with Crippen LogP contribution in [0.3, 0.4) is 0 Å². The SMILES string of the molecule is CCCNC(=O)C1CCCN(C(=O)c2sc(NC(=O)c3ccc(F)cc3Cl)cc2C)C1. The topological polar surface area (TPSA) is 78.5 Å². The van der Waals surface area contributed by atoms with Crippen molar-refractivity contribution in [2.75, 3.05) is 25.0 Å². The number of amides is 3. The first kappa shape index (κ1) is 23.2.